The zero-order chi connectivity index (χ0) is 13.2. The minimum absolute atomic E-state index is 0.236. The quantitative estimate of drug-likeness (QED) is 0.661. The van der Waals surface area contributed by atoms with E-state index in [4.69, 9.17) is 10.5 Å². The molecule has 0 aromatic heterocycles. The Bertz CT molecular complexity index is 309. The summed E-state index contributed by atoms with van der Waals surface area (Å²) in [5.41, 5.74) is 6.79. The number of nitrogens with one attached hydrogen (secondary N) is 1. The largest absolute Gasteiger partial charge is 0.491 e. The summed E-state index contributed by atoms with van der Waals surface area (Å²) in [7, 11) is 0. The minimum atomic E-state index is 0.236. The fraction of sp³-hybridized carbons (Fsp3) is 0.600. The Morgan fingerprint density at radius 1 is 1.11 bits per heavy atom. The summed E-state index contributed by atoms with van der Waals surface area (Å²) in [5.74, 6) is 0.949. The van der Waals surface area contributed by atoms with Crippen molar-refractivity contribution in [2.24, 2.45) is 5.73 Å². The molecule has 0 aliphatic heterocycles. The zero-order valence-corrected chi connectivity index (χ0v) is 11.6. The Balaban J connectivity index is 2.18. The smallest absolute Gasteiger partial charge is 0.119 e. The van der Waals surface area contributed by atoms with Gasteiger partial charge in [0.25, 0.3) is 0 Å². The molecule has 0 aliphatic rings. The van der Waals surface area contributed by atoms with Gasteiger partial charge in [0.2, 0.25) is 0 Å². The standard InChI is InChI=1S/C15H26N2O/c1-13(2)18-15-7-5-14(6-8-15)9-12-17-11-4-3-10-16/h5-8,13,17H,3-4,9-12,16H2,1-2H3. The van der Waals surface area contributed by atoms with Gasteiger partial charge in [-0.05, 0) is 70.4 Å². The van der Waals surface area contributed by atoms with Gasteiger partial charge in [-0.3, -0.25) is 0 Å². The lowest BCUT2D eigenvalue weighted by atomic mass is 10.1. The Morgan fingerprint density at radius 3 is 2.44 bits per heavy atom. The van der Waals surface area contributed by atoms with Crippen LogP contribution in [0.15, 0.2) is 24.3 Å². The topological polar surface area (TPSA) is 47.3 Å². The average Bonchev–Trinajstić information content (AvgIpc) is 2.35. The first kappa shape index (κ1) is 15.0. The molecule has 0 spiro atoms. The van der Waals surface area contributed by atoms with Gasteiger partial charge < -0.3 is 15.8 Å². The molecule has 1 rings (SSSR count). The molecule has 3 heteroatoms. The Morgan fingerprint density at radius 2 is 1.83 bits per heavy atom. The number of ether oxygens (including phenoxy) is 1. The first-order valence-electron chi connectivity index (χ1n) is 6.88. The summed E-state index contributed by atoms with van der Waals surface area (Å²) in [6, 6.07) is 8.37. The third kappa shape index (κ3) is 6.62. The summed E-state index contributed by atoms with van der Waals surface area (Å²) in [5, 5.41) is 3.43. The van der Waals surface area contributed by atoms with Gasteiger partial charge in [-0.25, -0.2) is 0 Å². The van der Waals surface area contributed by atoms with Crippen LogP contribution in [-0.2, 0) is 6.42 Å². The Labute approximate surface area is 111 Å². The van der Waals surface area contributed by atoms with E-state index in [1.807, 2.05) is 26.0 Å². The molecule has 102 valence electrons. The summed E-state index contributed by atoms with van der Waals surface area (Å²) >= 11 is 0. The van der Waals surface area contributed by atoms with Crippen molar-refractivity contribution < 1.29 is 4.74 Å². The highest BCUT2D eigenvalue weighted by Gasteiger charge is 1.98. The van der Waals surface area contributed by atoms with Crippen LogP contribution in [0.4, 0.5) is 0 Å². The van der Waals surface area contributed by atoms with Gasteiger partial charge in [0, 0.05) is 0 Å². The predicted molar refractivity (Wildman–Crippen MR) is 77.1 cm³/mol. The summed E-state index contributed by atoms with van der Waals surface area (Å²) < 4.78 is 5.61. The minimum Gasteiger partial charge on any atom is -0.491 e. The van der Waals surface area contributed by atoms with E-state index in [1.165, 1.54) is 5.56 Å². The van der Waals surface area contributed by atoms with E-state index in [2.05, 4.69) is 17.4 Å². The monoisotopic (exact) mass is 250 g/mol. The van der Waals surface area contributed by atoms with E-state index in [9.17, 15) is 0 Å². The molecule has 0 unspecified atom stereocenters. The molecule has 0 radical (unpaired) electrons. The van der Waals surface area contributed by atoms with Crippen molar-refractivity contribution in [3.05, 3.63) is 29.8 Å². The van der Waals surface area contributed by atoms with Crippen LogP contribution in [0.5, 0.6) is 5.75 Å². The highest BCUT2D eigenvalue weighted by molar-refractivity contribution is 5.27. The van der Waals surface area contributed by atoms with Crippen LogP contribution < -0.4 is 15.8 Å². The van der Waals surface area contributed by atoms with Crippen LogP contribution >= 0.6 is 0 Å². The van der Waals surface area contributed by atoms with E-state index in [0.29, 0.717) is 0 Å². The second-order valence-corrected chi connectivity index (χ2v) is 4.81. The van der Waals surface area contributed by atoms with Crippen LogP contribution in [0.1, 0.15) is 32.3 Å². The second-order valence-electron chi connectivity index (χ2n) is 4.81. The number of hydrogen-bond donors (Lipinski definition) is 2. The molecule has 0 fully saturated rings. The maximum Gasteiger partial charge on any atom is 0.119 e. The lowest BCUT2D eigenvalue weighted by Gasteiger charge is -2.10. The number of rotatable bonds is 9. The van der Waals surface area contributed by atoms with Gasteiger partial charge in [-0.1, -0.05) is 12.1 Å². The van der Waals surface area contributed by atoms with Crippen molar-refractivity contribution in [1.29, 1.82) is 0 Å². The molecule has 0 atom stereocenters. The number of unbranched alkanes of at least 4 members (excludes halogenated alkanes) is 1. The van der Waals surface area contributed by atoms with Crippen molar-refractivity contribution in [3.63, 3.8) is 0 Å². The van der Waals surface area contributed by atoms with Crippen LogP contribution in [-0.4, -0.2) is 25.7 Å². The molecule has 0 bridgehead atoms. The number of nitrogens with two attached hydrogens (primary N) is 1. The van der Waals surface area contributed by atoms with Crippen molar-refractivity contribution in [2.45, 2.75) is 39.2 Å². The molecule has 18 heavy (non-hydrogen) atoms. The van der Waals surface area contributed by atoms with Crippen LogP contribution in [0.2, 0.25) is 0 Å². The molecule has 1 aromatic rings. The van der Waals surface area contributed by atoms with Gasteiger partial charge in [-0.2, -0.15) is 0 Å². The molecular formula is C15H26N2O. The van der Waals surface area contributed by atoms with Crippen LogP contribution in [0.25, 0.3) is 0 Å². The van der Waals surface area contributed by atoms with E-state index in [1.54, 1.807) is 0 Å². The SMILES string of the molecule is CC(C)Oc1ccc(CCNCCCCN)cc1. The molecule has 0 amide bonds. The van der Waals surface area contributed by atoms with Crippen molar-refractivity contribution in [2.75, 3.05) is 19.6 Å². The molecule has 0 heterocycles. The summed E-state index contributed by atoms with van der Waals surface area (Å²) in [6.07, 6.45) is 3.57. The lowest BCUT2D eigenvalue weighted by Crippen LogP contribution is -2.19. The second kappa shape index (κ2) is 8.95. The van der Waals surface area contributed by atoms with Crippen LogP contribution in [0, 0.1) is 0 Å². The third-order valence-electron chi connectivity index (χ3n) is 2.69. The van der Waals surface area contributed by atoms with Gasteiger partial charge in [0.15, 0.2) is 0 Å². The zero-order valence-electron chi connectivity index (χ0n) is 11.6. The number of benzene rings is 1. The van der Waals surface area contributed by atoms with Gasteiger partial charge >= 0.3 is 0 Å². The van der Waals surface area contributed by atoms with Crippen molar-refractivity contribution >= 4 is 0 Å². The summed E-state index contributed by atoms with van der Waals surface area (Å²) in [4.78, 5) is 0. The van der Waals surface area contributed by atoms with Crippen molar-refractivity contribution in [1.82, 2.24) is 5.32 Å². The van der Waals surface area contributed by atoms with E-state index >= 15 is 0 Å². The summed E-state index contributed by atoms with van der Waals surface area (Å²) in [6.45, 7) is 6.96. The molecule has 3 N–H and O–H groups in total. The number of hydrogen-bond acceptors (Lipinski definition) is 3. The fourth-order valence-corrected chi connectivity index (χ4v) is 1.76. The first-order chi connectivity index (χ1) is 8.72. The Hall–Kier alpha value is -1.06. The maximum absolute atomic E-state index is 5.61. The van der Waals surface area contributed by atoms with E-state index in [-0.39, 0.29) is 6.10 Å². The molecule has 0 saturated heterocycles. The fourth-order valence-electron chi connectivity index (χ4n) is 1.76. The van der Waals surface area contributed by atoms with Gasteiger partial charge in [-0.15, -0.1) is 0 Å². The first-order valence-corrected chi connectivity index (χ1v) is 6.88. The molecule has 1 aromatic carbocycles. The lowest BCUT2D eigenvalue weighted by molar-refractivity contribution is 0.242. The molecule has 0 aliphatic carbocycles. The maximum atomic E-state index is 5.61. The van der Waals surface area contributed by atoms with E-state index < -0.39 is 0 Å². The average molecular weight is 250 g/mol. The Kier molecular flexibility index (Phi) is 7.46. The highest BCUT2D eigenvalue weighted by Crippen LogP contribution is 2.13. The molecule has 3 nitrogen and oxygen atoms in total. The predicted octanol–water partition coefficient (Wildman–Crippen LogP) is 2.34. The normalized spacial score (nSPS) is 10.9. The molecular weight excluding hydrogens is 224 g/mol. The highest BCUT2D eigenvalue weighted by atomic mass is 16.5. The van der Waals surface area contributed by atoms with Gasteiger partial charge in [0.1, 0.15) is 5.75 Å². The van der Waals surface area contributed by atoms with Crippen molar-refractivity contribution in [3.8, 4) is 5.75 Å². The third-order valence-corrected chi connectivity index (χ3v) is 2.69. The molecule has 0 saturated carbocycles. The van der Waals surface area contributed by atoms with E-state index in [0.717, 1.165) is 44.6 Å². The van der Waals surface area contributed by atoms with Crippen LogP contribution in [0.3, 0.4) is 0 Å². The van der Waals surface area contributed by atoms with Gasteiger partial charge in [0.05, 0.1) is 6.10 Å².